The second kappa shape index (κ2) is 8.42. The molecule has 2 N–H and O–H groups in total. The van der Waals surface area contributed by atoms with E-state index in [1.54, 1.807) is 42.5 Å². The maximum absolute atomic E-state index is 12.7. The van der Waals surface area contributed by atoms with Crippen molar-refractivity contribution in [1.82, 2.24) is 4.98 Å². The number of hydrogen-bond donors (Lipinski definition) is 2. The molecule has 1 heterocycles. The molecule has 0 aliphatic rings. The number of ether oxygens (including phenoxy) is 1. The summed E-state index contributed by atoms with van der Waals surface area (Å²) in [5.41, 5.74) is 3.52. The zero-order chi connectivity index (χ0) is 20.1. The van der Waals surface area contributed by atoms with Crippen molar-refractivity contribution in [3.63, 3.8) is 0 Å². The van der Waals surface area contributed by atoms with E-state index in [-0.39, 0.29) is 11.6 Å². The van der Waals surface area contributed by atoms with Crippen molar-refractivity contribution in [3.8, 4) is 11.8 Å². The molecule has 0 saturated carbocycles. The van der Waals surface area contributed by atoms with Gasteiger partial charge in [0, 0.05) is 28.7 Å². The van der Waals surface area contributed by atoms with E-state index in [0.717, 1.165) is 11.3 Å². The normalized spacial score (nSPS) is 10.1. The molecular formula is C21H17ClN4O2. The summed E-state index contributed by atoms with van der Waals surface area (Å²) in [7, 11) is 1.51. The molecule has 140 valence electrons. The van der Waals surface area contributed by atoms with E-state index in [4.69, 9.17) is 21.6 Å². The number of aryl methyl sites for hydroxylation is 1. The molecule has 0 aliphatic heterocycles. The molecule has 2 aromatic carbocycles. The fraction of sp³-hybridized carbons (Fsp3) is 0.0952. The Balaban J connectivity index is 1.81. The van der Waals surface area contributed by atoms with Gasteiger partial charge in [0.1, 0.15) is 11.4 Å². The van der Waals surface area contributed by atoms with E-state index in [1.165, 1.54) is 13.3 Å². The molecule has 0 aliphatic carbocycles. The first-order valence-electron chi connectivity index (χ1n) is 8.39. The van der Waals surface area contributed by atoms with Gasteiger partial charge in [0.15, 0.2) is 0 Å². The fourth-order valence-electron chi connectivity index (χ4n) is 2.58. The molecule has 0 bridgehead atoms. The quantitative estimate of drug-likeness (QED) is 0.643. The van der Waals surface area contributed by atoms with Gasteiger partial charge in [-0.2, -0.15) is 5.26 Å². The predicted octanol–water partition coefficient (Wildman–Crippen LogP) is 4.92. The first-order valence-corrected chi connectivity index (χ1v) is 8.76. The van der Waals surface area contributed by atoms with Crippen LogP contribution in [0.15, 0.2) is 54.7 Å². The molecule has 0 fully saturated rings. The maximum atomic E-state index is 12.7. The molecular weight excluding hydrogens is 376 g/mol. The lowest BCUT2D eigenvalue weighted by Crippen LogP contribution is -2.14. The van der Waals surface area contributed by atoms with Gasteiger partial charge >= 0.3 is 0 Å². The zero-order valence-corrected chi connectivity index (χ0v) is 16.0. The van der Waals surface area contributed by atoms with Gasteiger partial charge in [0.2, 0.25) is 0 Å². The Morgan fingerprint density at radius 1 is 1.18 bits per heavy atom. The third-order valence-electron chi connectivity index (χ3n) is 4.00. The monoisotopic (exact) mass is 392 g/mol. The van der Waals surface area contributed by atoms with Crippen LogP contribution in [0.2, 0.25) is 5.02 Å². The average molecular weight is 393 g/mol. The van der Waals surface area contributed by atoms with E-state index >= 15 is 0 Å². The number of hydrogen-bond acceptors (Lipinski definition) is 5. The van der Waals surface area contributed by atoms with E-state index in [1.807, 2.05) is 13.0 Å². The summed E-state index contributed by atoms with van der Waals surface area (Å²) < 4.78 is 5.28. The largest absolute Gasteiger partial charge is 0.495 e. The second-order valence-electron chi connectivity index (χ2n) is 6.00. The van der Waals surface area contributed by atoms with Crippen LogP contribution >= 0.6 is 11.6 Å². The Bertz CT molecular complexity index is 1080. The lowest BCUT2D eigenvalue weighted by atomic mass is 10.2. The lowest BCUT2D eigenvalue weighted by Gasteiger charge is -2.12. The van der Waals surface area contributed by atoms with Crippen molar-refractivity contribution in [2.24, 2.45) is 0 Å². The molecule has 1 amide bonds. The van der Waals surface area contributed by atoms with Crippen LogP contribution in [-0.4, -0.2) is 18.0 Å². The third-order valence-corrected chi connectivity index (χ3v) is 4.41. The van der Waals surface area contributed by atoms with Crippen LogP contribution in [0.25, 0.3) is 0 Å². The van der Waals surface area contributed by atoms with Crippen molar-refractivity contribution >= 4 is 34.6 Å². The number of nitriles is 1. The molecule has 3 aromatic rings. The van der Waals surface area contributed by atoms with Gasteiger partial charge in [-0.3, -0.25) is 9.78 Å². The smallest absolute Gasteiger partial charge is 0.274 e. The highest BCUT2D eigenvalue weighted by Gasteiger charge is 2.13. The van der Waals surface area contributed by atoms with Crippen LogP contribution in [0.4, 0.5) is 17.1 Å². The van der Waals surface area contributed by atoms with Gasteiger partial charge in [-0.15, -0.1) is 0 Å². The Morgan fingerprint density at radius 3 is 2.71 bits per heavy atom. The van der Waals surface area contributed by atoms with Gasteiger partial charge in [-0.05, 0) is 48.9 Å². The number of halogens is 1. The van der Waals surface area contributed by atoms with Crippen molar-refractivity contribution in [1.29, 1.82) is 5.26 Å². The molecule has 0 atom stereocenters. The highest BCUT2D eigenvalue weighted by atomic mass is 35.5. The minimum atomic E-state index is -0.380. The molecule has 0 radical (unpaired) electrons. The average Bonchev–Trinajstić information content (AvgIpc) is 2.70. The molecule has 7 heteroatoms. The number of methoxy groups -OCH3 is 1. The number of nitrogens with zero attached hydrogens (tertiary/aromatic N) is 2. The molecule has 6 nitrogen and oxygen atoms in total. The van der Waals surface area contributed by atoms with Crippen molar-refractivity contribution in [2.45, 2.75) is 6.92 Å². The van der Waals surface area contributed by atoms with Gasteiger partial charge in [0.25, 0.3) is 5.91 Å². The van der Waals surface area contributed by atoms with Crippen LogP contribution in [0.5, 0.6) is 5.75 Å². The minimum absolute atomic E-state index is 0.232. The van der Waals surface area contributed by atoms with E-state index in [2.05, 4.69) is 21.7 Å². The summed E-state index contributed by atoms with van der Waals surface area (Å²) in [4.78, 5) is 16.8. The van der Waals surface area contributed by atoms with Gasteiger partial charge in [-0.25, -0.2) is 0 Å². The van der Waals surface area contributed by atoms with Crippen molar-refractivity contribution in [3.05, 3.63) is 76.6 Å². The topological polar surface area (TPSA) is 87.0 Å². The molecule has 1 aromatic heterocycles. The first kappa shape index (κ1) is 19.2. The SMILES string of the molecule is COc1cc(Cl)c(C)cc1NC(=O)c1cc(Nc2cccc(C#N)c2)ccn1. The Labute approximate surface area is 167 Å². The predicted molar refractivity (Wildman–Crippen MR) is 109 cm³/mol. The summed E-state index contributed by atoms with van der Waals surface area (Å²) in [5.74, 6) is 0.0843. The molecule has 0 saturated heterocycles. The number of carbonyl (C=O) groups excluding carboxylic acids is 1. The van der Waals surface area contributed by atoms with Gasteiger partial charge in [-0.1, -0.05) is 17.7 Å². The number of pyridine rings is 1. The van der Waals surface area contributed by atoms with Crippen LogP contribution in [0, 0.1) is 18.3 Å². The van der Waals surface area contributed by atoms with Crippen molar-refractivity contribution < 1.29 is 9.53 Å². The standard InChI is InChI=1S/C21H17ClN4O2/c1-13-8-18(20(28-2)11-17(13)22)26-21(27)19-10-16(6-7-24-19)25-15-5-3-4-14(9-15)12-23/h3-11H,1-2H3,(H,24,25)(H,26,27). The third kappa shape index (κ3) is 4.40. The van der Waals surface area contributed by atoms with Crippen LogP contribution < -0.4 is 15.4 Å². The number of nitrogens with one attached hydrogen (secondary N) is 2. The number of rotatable bonds is 5. The highest BCUT2D eigenvalue weighted by molar-refractivity contribution is 6.31. The number of aromatic nitrogens is 1. The molecule has 0 unspecified atom stereocenters. The van der Waals surface area contributed by atoms with Crippen LogP contribution in [0.3, 0.4) is 0 Å². The van der Waals surface area contributed by atoms with E-state index in [0.29, 0.717) is 27.7 Å². The second-order valence-corrected chi connectivity index (χ2v) is 6.41. The summed E-state index contributed by atoms with van der Waals surface area (Å²) in [5, 5.41) is 15.5. The molecule has 0 spiro atoms. The van der Waals surface area contributed by atoms with Crippen LogP contribution in [-0.2, 0) is 0 Å². The van der Waals surface area contributed by atoms with Crippen LogP contribution in [0.1, 0.15) is 21.6 Å². The van der Waals surface area contributed by atoms with Crippen molar-refractivity contribution in [2.75, 3.05) is 17.7 Å². The lowest BCUT2D eigenvalue weighted by molar-refractivity contribution is 0.102. The Kier molecular flexibility index (Phi) is 5.78. The molecule has 28 heavy (non-hydrogen) atoms. The number of anilines is 3. The number of benzene rings is 2. The first-order chi connectivity index (χ1) is 13.5. The fourth-order valence-corrected chi connectivity index (χ4v) is 2.74. The van der Waals surface area contributed by atoms with Gasteiger partial charge < -0.3 is 15.4 Å². The Hall–Kier alpha value is -3.56. The number of carbonyl (C=O) groups is 1. The zero-order valence-electron chi connectivity index (χ0n) is 15.3. The summed E-state index contributed by atoms with van der Waals surface area (Å²) in [6.45, 7) is 1.84. The van der Waals surface area contributed by atoms with Gasteiger partial charge in [0.05, 0.1) is 24.4 Å². The summed E-state index contributed by atoms with van der Waals surface area (Å²) in [6.07, 6.45) is 1.54. The van der Waals surface area contributed by atoms with E-state index < -0.39 is 0 Å². The minimum Gasteiger partial charge on any atom is -0.495 e. The van der Waals surface area contributed by atoms with E-state index in [9.17, 15) is 4.79 Å². The number of amides is 1. The summed E-state index contributed by atoms with van der Waals surface area (Å²) in [6, 6.07) is 15.9. The summed E-state index contributed by atoms with van der Waals surface area (Å²) >= 11 is 6.10. The maximum Gasteiger partial charge on any atom is 0.274 e. The molecule has 3 rings (SSSR count). The highest BCUT2D eigenvalue weighted by Crippen LogP contribution is 2.31. The Morgan fingerprint density at radius 2 is 1.96 bits per heavy atom.